The van der Waals surface area contributed by atoms with E-state index in [1.54, 1.807) is 18.2 Å². The Morgan fingerprint density at radius 2 is 1.96 bits per heavy atom. The minimum Gasteiger partial charge on any atom is -0.319 e. The Morgan fingerprint density at radius 1 is 1.26 bits per heavy atom. The van der Waals surface area contributed by atoms with Gasteiger partial charge in [-0.25, -0.2) is 0 Å². The molecule has 7 heteroatoms. The van der Waals surface area contributed by atoms with E-state index in [1.165, 1.54) is 30.1 Å². The fourth-order valence-corrected chi connectivity index (χ4v) is 3.15. The van der Waals surface area contributed by atoms with Crippen LogP contribution in [0.15, 0.2) is 36.5 Å². The topological polar surface area (TPSA) is 38.1 Å². The van der Waals surface area contributed by atoms with Crippen molar-refractivity contribution < 1.29 is 18.0 Å². The first kappa shape index (κ1) is 15.6. The van der Waals surface area contributed by atoms with Crippen molar-refractivity contribution in [1.82, 2.24) is 14.7 Å². The molecule has 1 atom stereocenters. The van der Waals surface area contributed by atoms with Gasteiger partial charge >= 0.3 is 6.18 Å². The maximum Gasteiger partial charge on any atom is 0.415 e. The van der Waals surface area contributed by atoms with E-state index in [-0.39, 0.29) is 17.8 Å². The van der Waals surface area contributed by atoms with Crippen LogP contribution in [0.2, 0.25) is 0 Å². The number of benzene rings is 1. The molecule has 1 unspecified atom stereocenters. The van der Waals surface area contributed by atoms with Crippen molar-refractivity contribution >= 4 is 5.91 Å². The molecule has 0 radical (unpaired) electrons. The third-order valence-electron chi connectivity index (χ3n) is 4.52. The van der Waals surface area contributed by atoms with E-state index in [0.717, 1.165) is 11.8 Å². The van der Waals surface area contributed by atoms with Crippen LogP contribution < -0.4 is 0 Å². The number of hydrogen-bond donors (Lipinski definition) is 0. The highest BCUT2D eigenvalue weighted by Crippen LogP contribution is 2.47. The lowest BCUT2D eigenvalue weighted by Gasteiger charge is -2.46. The Balaban J connectivity index is 2.15. The van der Waals surface area contributed by atoms with Crippen molar-refractivity contribution in [2.75, 3.05) is 6.54 Å². The van der Waals surface area contributed by atoms with Crippen molar-refractivity contribution in [2.24, 2.45) is 7.05 Å². The zero-order valence-electron chi connectivity index (χ0n) is 12.8. The molecule has 23 heavy (non-hydrogen) atoms. The molecule has 1 aromatic heterocycles. The Morgan fingerprint density at radius 3 is 2.57 bits per heavy atom. The van der Waals surface area contributed by atoms with Crippen LogP contribution in [0.5, 0.6) is 0 Å². The lowest BCUT2D eigenvalue weighted by molar-refractivity contribution is -0.225. The number of aromatic nitrogens is 2. The average Bonchev–Trinajstić information content (AvgIpc) is 2.92. The zero-order valence-corrected chi connectivity index (χ0v) is 12.8. The van der Waals surface area contributed by atoms with Gasteiger partial charge in [-0.05, 0) is 30.5 Å². The molecule has 4 nitrogen and oxygen atoms in total. The molecule has 0 aliphatic carbocycles. The molecule has 0 fully saturated rings. The van der Waals surface area contributed by atoms with E-state index in [0.29, 0.717) is 12.0 Å². The summed E-state index contributed by atoms with van der Waals surface area (Å²) < 4.78 is 43.1. The van der Waals surface area contributed by atoms with Gasteiger partial charge in [0.1, 0.15) is 5.69 Å². The quantitative estimate of drug-likeness (QED) is 0.809. The minimum absolute atomic E-state index is 0.0109. The molecule has 2 aromatic rings. The van der Waals surface area contributed by atoms with Crippen LogP contribution in [0.25, 0.3) is 0 Å². The van der Waals surface area contributed by atoms with Gasteiger partial charge < -0.3 is 4.90 Å². The number of nitrogens with zero attached hydrogens (tertiary/aromatic N) is 3. The zero-order chi connectivity index (χ0) is 16.8. The number of fused-ring (bicyclic) bond motifs is 1. The normalized spacial score (nSPS) is 21.2. The van der Waals surface area contributed by atoms with Crippen LogP contribution in [0, 0.1) is 0 Å². The van der Waals surface area contributed by atoms with Gasteiger partial charge in [0.15, 0.2) is 5.54 Å². The average molecular weight is 323 g/mol. The summed E-state index contributed by atoms with van der Waals surface area (Å²) >= 11 is 0. The number of aryl methyl sites for hydroxylation is 1. The first-order valence-corrected chi connectivity index (χ1v) is 7.22. The smallest absolute Gasteiger partial charge is 0.319 e. The standard InChI is InChI=1S/C16H16F3N3O/c1-15(16(17,18)19)12-6-4-3-5-11(12)8-10-22(15)14(23)13-7-9-20-21(13)2/h3-7,9H,8,10H2,1-2H3. The minimum atomic E-state index is -4.59. The van der Waals surface area contributed by atoms with E-state index < -0.39 is 17.6 Å². The van der Waals surface area contributed by atoms with E-state index in [4.69, 9.17) is 0 Å². The highest BCUT2D eigenvalue weighted by molar-refractivity contribution is 5.93. The fourth-order valence-electron chi connectivity index (χ4n) is 3.15. The van der Waals surface area contributed by atoms with Crippen LogP contribution in [0.4, 0.5) is 13.2 Å². The highest BCUT2D eigenvalue weighted by Gasteiger charge is 2.59. The van der Waals surface area contributed by atoms with Crippen molar-refractivity contribution in [3.63, 3.8) is 0 Å². The molecular weight excluding hydrogens is 307 g/mol. The molecule has 0 spiro atoms. The Labute approximate surface area is 131 Å². The molecule has 0 bridgehead atoms. The van der Waals surface area contributed by atoms with Gasteiger partial charge in [-0.15, -0.1) is 0 Å². The first-order valence-electron chi connectivity index (χ1n) is 7.22. The van der Waals surface area contributed by atoms with Gasteiger partial charge in [-0.2, -0.15) is 18.3 Å². The summed E-state index contributed by atoms with van der Waals surface area (Å²) in [6.07, 6.45) is -2.79. The number of halogens is 3. The highest BCUT2D eigenvalue weighted by atomic mass is 19.4. The molecule has 1 aliphatic heterocycles. The number of hydrogen-bond acceptors (Lipinski definition) is 2. The second-order valence-electron chi connectivity index (χ2n) is 5.77. The molecule has 2 heterocycles. The Hall–Kier alpha value is -2.31. The third-order valence-corrected chi connectivity index (χ3v) is 4.52. The predicted molar refractivity (Wildman–Crippen MR) is 77.8 cm³/mol. The maximum absolute atomic E-state index is 13.9. The molecule has 0 saturated heterocycles. The second-order valence-corrected chi connectivity index (χ2v) is 5.77. The summed E-state index contributed by atoms with van der Waals surface area (Å²) in [4.78, 5) is 13.6. The lowest BCUT2D eigenvalue weighted by atomic mass is 9.81. The van der Waals surface area contributed by atoms with E-state index in [1.807, 2.05) is 0 Å². The van der Waals surface area contributed by atoms with E-state index in [2.05, 4.69) is 5.10 Å². The van der Waals surface area contributed by atoms with Crippen molar-refractivity contribution in [2.45, 2.75) is 25.1 Å². The van der Waals surface area contributed by atoms with E-state index in [9.17, 15) is 18.0 Å². The summed E-state index contributed by atoms with van der Waals surface area (Å²) in [6.45, 7) is 1.08. The van der Waals surface area contributed by atoms with Gasteiger partial charge in [0, 0.05) is 19.8 Å². The van der Waals surface area contributed by atoms with Gasteiger partial charge in [0.05, 0.1) is 0 Å². The summed E-state index contributed by atoms with van der Waals surface area (Å²) in [5, 5.41) is 3.87. The van der Waals surface area contributed by atoms with E-state index >= 15 is 0 Å². The number of amides is 1. The van der Waals surface area contributed by atoms with Crippen LogP contribution in [-0.4, -0.2) is 33.3 Å². The number of rotatable bonds is 1. The van der Waals surface area contributed by atoms with Gasteiger partial charge in [0.25, 0.3) is 5.91 Å². The molecule has 0 N–H and O–H groups in total. The van der Waals surface area contributed by atoms with Crippen LogP contribution >= 0.6 is 0 Å². The number of carbonyl (C=O) groups excluding carboxylic acids is 1. The predicted octanol–water partition coefficient (Wildman–Crippen LogP) is 2.90. The lowest BCUT2D eigenvalue weighted by Crippen LogP contribution is -2.59. The SMILES string of the molecule is Cn1nccc1C(=O)N1CCc2ccccc2C1(C)C(F)(F)F. The number of alkyl halides is 3. The molecule has 1 aliphatic rings. The Bertz CT molecular complexity index is 753. The number of carbonyl (C=O) groups is 1. The molecular formula is C16H16F3N3O. The molecule has 1 aromatic carbocycles. The van der Waals surface area contributed by atoms with Crippen molar-refractivity contribution in [3.05, 3.63) is 53.3 Å². The van der Waals surface area contributed by atoms with Crippen LogP contribution in [0.3, 0.4) is 0 Å². The molecule has 0 saturated carbocycles. The van der Waals surface area contributed by atoms with Crippen LogP contribution in [-0.2, 0) is 19.0 Å². The maximum atomic E-state index is 13.9. The van der Waals surface area contributed by atoms with Gasteiger partial charge in [-0.1, -0.05) is 24.3 Å². The Kier molecular flexibility index (Phi) is 3.46. The second kappa shape index (κ2) is 5.11. The monoisotopic (exact) mass is 323 g/mol. The fraction of sp³-hybridized carbons (Fsp3) is 0.375. The summed E-state index contributed by atoms with van der Waals surface area (Å²) in [7, 11) is 1.54. The van der Waals surface area contributed by atoms with Crippen molar-refractivity contribution in [1.29, 1.82) is 0 Å². The molecule has 122 valence electrons. The van der Waals surface area contributed by atoms with Gasteiger partial charge in [0.2, 0.25) is 0 Å². The largest absolute Gasteiger partial charge is 0.415 e. The first-order chi connectivity index (χ1) is 10.8. The molecule has 3 rings (SSSR count). The third kappa shape index (κ3) is 2.22. The van der Waals surface area contributed by atoms with Crippen LogP contribution in [0.1, 0.15) is 28.5 Å². The van der Waals surface area contributed by atoms with Gasteiger partial charge in [-0.3, -0.25) is 9.48 Å². The molecule has 1 amide bonds. The summed E-state index contributed by atoms with van der Waals surface area (Å²) in [5.41, 5.74) is -1.46. The summed E-state index contributed by atoms with van der Waals surface area (Å²) in [6, 6.07) is 7.85. The van der Waals surface area contributed by atoms with Crippen molar-refractivity contribution in [3.8, 4) is 0 Å². The summed E-state index contributed by atoms with van der Waals surface area (Å²) in [5.74, 6) is -0.667.